The lowest BCUT2D eigenvalue weighted by Crippen LogP contribution is -2.44. The average molecular weight is 496 g/mol. The quantitative estimate of drug-likeness (QED) is 0.585. The highest BCUT2D eigenvalue weighted by Crippen LogP contribution is 2.35. The van der Waals surface area contributed by atoms with Crippen molar-refractivity contribution < 1.29 is 14.4 Å². The van der Waals surface area contributed by atoms with Crippen molar-refractivity contribution in [1.29, 1.82) is 0 Å². The third-order valence-electron chi connectivity index (χ3n) is 7.37. The monoisotopic (exact) mass is 495 g/mol. The number of rotatable bonds is 7. The van der Waals surface area contributed by atoms with Crippen molar-refractivity contribution in [3.63, 3.8) is 0 Å². The molecule has 9 heteroatoms. The van der Waals surface area contributed by atoms with Crippen LogP contribution < -0.4 is 5.32 Å². The van der Waals surface area contributed by atoms with Crippen molar-refractivity contribution in [3.05, 3.63) is 58.6 Å². The highest BCUT2D eigenvalue weighted by Gasteiger charge is 2.52. The first-order valence-corrected chi connectivity index (χ1v) is 12.8. The van der Waals surface area contributed by atoms with Gasteiger partial charge in [0.15, 0.2) is 0 Å². The Bertz CT molecular complexity index is 1130. The molecular weight excluding hydrogens is 466 g/mol. The van der Waals surface area contributed by atoms with Gasteiger partial charge in [-0.25, -0.2) is 4.79 Å². The molecule has 35 heavy (non-hydrogen) atoms. The molecule has 3 fully saturated rings. The third kappa shape index (κ3) is 4.89. The molecule has 0 bridgehead atoms. The van der Waals surface area contributed by atoms with Crippen LogP contribution in [0.2, 0.25) is 5.02 Å². The lowest BCUT2D eigenvalue weighted by molar-refractivity contribution is -0.134. The van der Waals surface area contributed by atoms with E-state index in [0.29, 0.717) is 37.3 Å². The van der Waals surface area contributed by atoms with Gasteiger partial charge in [-0.1, -0.05) is 36.6 Å². The highest BCUT2D eigenvalue weighted by atomic mass is 35.5. The van der Waals surface area contributed by atoms with Crippen molar-refractivity contribution in [3.8, 4) is 0 Å². The standard InChI is InChI=1S/C26H30ClN5O3/c27-19-7-3-6-18(14-19)15-20-16-28-17-21(29-20)22-8-4-12-31(22)23(33)9-5-13-32-24(34)26(30-25(32)35)10-1-2-11-26/h3,6-7,14,16-17,22H,1-2,4-5,8-13,15H2,(H,30,35). The highest BCUT2D eigenvalue weighted by molar-refractivity contribution is 6.30. The number of halogens is 1. The first-order chi connectivity index (χ1) is 16.9. The Hall–Kier alpha value is -3.00. The Balaban J connectivity index is 1.19. The Morgan fingerprint density at radius 3 is 2.80 bits per heavy atom. The molecule has 3 aliphatic rings. The largest absolute Gasteiger partial charge is 0.334 e. The maximum absolute atomic E-state index is 13.1. The van der Waals surface area contributed by atoms with Gasteiger partial charge in [-0.3, -0.25) is 24.5 Å². The second kappa shape index (κ2) is 9.93. The van der Waals surface area contributed by atoms with Gasteiger partial charge in [-0.2, -0.15) is 0 Å². The molecule has 2 aliphatic heterocycles. The van der Waals surface area contributed by atoms with Crippen molar-refractivity contribution in [2.45, 2.75) is 69.4 Å². The summed E-state index contributed by atoms with van der Waals surface area (Å²) in [6.07, 6.45) is 9.94. The number of carbonyl (C=O) groups is 3. The van der Waals surface area contributed by atoms with E-state index in [4.69, 9.17) is 16.6 Å². The fraction of sp³-hybridized carbons (Fsp3) is 0.500. The van der Waals surface area contributed by atoms with Crippen LogP contribution in [0.15, 0.2) is 36.7 Å². The number of likely N-dealkylation sites (tertiary alicyclic amines) is 1. The summed E-state index contributed by atoms with van der Waals surface area (Å²) in [7, 11) is 0. The predicted octanol–water partition coefficient (Wildman–Crippen LogP) is 4.03. The lowest BCUT2D eigenvalue weighted by atomic mass is 9.98. The number of imide groups is 1. The Labute approximate surface area is 210 Å². The Morgan fingerprint density at radius 2 is 2.00 bits per heavy atom. The van der Waals surface area contributed by atoms with Crippen LogP contribution in [0.5, 0.6) is 0 Å². The Morgan fingerprint density at radius 1 is 1.17 bits per heavy atom. The molecule has 1 saturated carbocycles. The third-order valence-corrected chi connectivity index (χ3v) is 7.60. The number of amides is 4. The summed E-state index contributed by atoms with van der Waals surface area (Å²) in [6, 6.07) is 7.25. The zero-order valence-electron chi connectivity index (χ0n) is 19.7. The predicted molar refractivity (Wildman–Crippen MR) is 131 cm³/mol. The number of nitrogens with one attached hydrogen (secondary N) is 1. The molecule has 0 radical (unpaired) electrons. The van der Waals surface area contributed by atoms with Crippen molar-refractivity contribution >= 4 is 29.4 Å². The van der Waals surface area contributed by atoms with E-state index in [1.807, 2.05) is 29.2 Å². The summed E-state index contributed by atoms with van der Waals surface area (Å²) in [4.78, 5) is 50.6. The molecule has 2 saturated heterocycles. The molecule has 1 N–H and O–H groups in total. The van der Waals surface area contributed by atoms with E-state index in [-0.39, 0.29) is 36.9 Å². The number of urea groups is 1. The molecule has 1 aromatic carbocycles. The normalized spacial score (nSPS) is 21.2. The molecule has 1 unspecified atom stereocenters. The molecule has 1 spiro atoms. The van der Waals surface area contributed by atoms with Crippen LogP contribution in [0.3, 0.4) is 0 Å². The van der Waals surface area contributed by atoms with E-state index < -0.39 is 5.54 Å². The minimum absolute atomic E-state index is 0.0252. The van der Waals surface area contributed by atoms with Crippen LogP contribution in [0.1, 0.15) is 74.4 Å². The molecule has 1 atom stereocenters. The zero-order valence-corrected chi connectivity index (χ0v) is 20.5. The number of carbonyl (C=O) groups excluding carboxylic acids is 3. The van der Waals surface area contributed by atoms with Crippen LogP contribution in [0, 0.1) is 0 Å². The minimum Gasteiger partial charge on any atom is -0.334 e. The first-order valence-electron chi connectivity index (χ1n) is 12.4. The molecule has 1 aliphatic carbocycles. The van der Waals surface area contributed by atoms with Crippen LogP contribution in [0.4, 0.5) is 4.79 Å². The molecule has 3 heterocycles. The fourth-order valence-electron chi connectivity index (χ4n) is 5.63. The molecule has 5 rings (SSSR count). The van der Waals surface area contributed by atoms with Crippen LogP contribution >= 0.6 is 11.6 Å². The SMILES string of the molecule is O=C1NC2(CCCC2)C(=O)N1CCCC(=O)N1CCCC1c1cncc(Cc2cccc(Cl)c2)n1. The molecular formula is C26H30ClN5O3. The van der Waals surface area contributed by atoms with Gasteiger partial charge in [0.1, 0.15) is 5.54 Å². The molecule has 184 valence electrons. The van der Waals surface area contributed by atoms with Gasteiger partial charge in [0.05, 0.1) is 23.6 Å². The second-order valence-electron chi connectivity index (χ2n) is 9.77. The first kappa shape index (κ1) is 23.7. The molecule has 8 nitrogen and oxygen atoms in total. The number of hydrogen-bond donors (Lipinski definition) is 1. The summed E-state index contributed by atoms with van der Waals surface area (Å²) >= 11 is 6.11. The van der Waals surface area contributed by atoms with E-state index >= 15 is 0 Å². The molecule has 2 aromatic rings. The van der Waals surface area contributed by atoms with E-state index in [9.17, 15) is 14.4 Å². The number of aromatic nitrogens is 2. The van der Waals surface area contributed by atoms with Crippen molar-refractivity contribution in [2.24, 2.45) is 0 Å². The van der Waals surface area contributed by atoms with E-state index in [0.717, 1.165) is 42.6 Å². The van der Waals surface area contributed by atoms with Crippen molar-refractivity contribution in [2.75, 3.05) is 13.1 Å². The average Bonchev–Trinajstić information content (AvgIpc) is 3.56. The zero-order chi connectivity index (χ0) is 24.4. The van der Waals surface area contributed by atoms with Crippen LogP contribution in [-0.2, 0) is 16.0 Å². The summed E-state index contributed by atoms with van der Waals surface area (Å²) in [5.41, 5.74) is 2.00. The topological polar surface area (TPSA) is 95.5 Å². The summed E-state index contributed by atoms with van der Waals surface area (Å²) in [6.45, 7) is 0.946. The Kier molecular flexibility index (Phi) is 6.73. The van der Waals surface area contributed by atoms with Crippen LogP contribution in [0.25, 0.3) is 0 Å². The molecule has 4 amide bonds. The smallest absolute Gasteiger partial charge is 0.325 e. The van der Waals surface area contributed by atoms with Crippen LogP contribution in [-0.4, -0.2) is 56.2 Å². The fourth-order valence-corrected chi connectivity index (χ4v) is 5.84. The van der Waals surface area contributed by atoms with Gasteiger partial charge in [0.25, 0.3) is 5.91 Å². The number of hydrogen-bond acceptors (Lipinski definition) is 5. The summed E-state index contributed by atoms with van der Waals surface area (Å²) in [5.74, 6) is -0.101. The van der Waals surface area contributed by atoms with E-state index in [2.05, 4.69) is 10.3 Å². The molecule has 1 aromatic heterocycles. The van der Waals surface area contributed by atoms with Gasteiger partial charge in [0, 0.05) is 37.2 Å². The van der Waals surface area contributed by atoms with Gasteiger partial charge in [-0.15, -0.1) is 0 Å². The van der Waals surface area contributed by atoms with Gasteiger partial charge in [0.2, 0.25) is 5.91 Å². The van der Waals surface area contributed by atoms with E-state index in [1.165, 1.54) is 4.90 Å². The number of nitrogens with zero attached hydrogens (tertiary/aromatic N) is 4. The van der Waals surface area contributed by atoms with Gasteiger partial charge in [-0.05, 0) is 49.8 Å². The maximum Gasteiger partial charge on any atom is 0.325 e. The maximum atomic E-state index is 13.1. The minimum atomic E-state index is -0.699. The van der Waals surface area contributed by atoms with E-state index in [1.54, 1.807) is 12.4 Å². The second-order valence-corrected chi connectivity index (χ2v) is 10.2. The van der Waals surface area contributed by atoms with Gasteiger partial charge < -0.3 is 10.2 Å². The lowest BCUT2D eigenvalue weighted by Gasteiger charge is -2.25. The summed E-state index contributed by atoms with van der Waals surface area (Å²) < 4.78 is 0. The van der Waals surface area contributed by atoms with Gasteiger partial charge >= 0.3 is 6.03 Å². The summed E-state index contributed by atoms with van der Waals surface area (Å²) in [5, 5.41) is 3.58. The van der Waals surface area contributed by atoms with Crippen molar-refractivity contribution in [1.82, 2.24) is 25.1 Å². The number of benzene rings is 1.